The second kappa shape index (κ2) is 6.18. The van der Waals surface area contributed by atoms with Crippen LogP contribution in [-0.4, -0.2) is 29.0 Å². The van der Waals surface area contributed by atoms with Crippen LogP contribution in [0.1, 0.15) is 18.1 Å². The average molecular weight is 287 g/mol. The number of aryl methyl sites for hydroxylation is 1. The van der Waals surface area contributed by atoms with E-state index in [1.807, 2.05) is 23.0 Å². The summed E-state index contributed by atoms with van der Waals surface area (Å²) < 4.78 is 13.1. The highest BCUT2D eigenvalue weighted by Crippen LogP contribution is 2.30. The molecule has 1 aliphatic heterocycles. The van der Waals surface area contributed by atoms with Crippen LogP contribution >= 0.6 is 0 Å². The minimum absolute atomic E-state index is 0.345. The molecule has 0 fully saturated rings. The molecular formula is C16H21N3O2. The Balaban J connectivity index is 1.54. The third-order valence-corrected chi connectivity index (χ3v) is 3.48. The van der Waals surface area contributed by atoms with Crippen molar-refractivity contribution in [2.24, 2.45) is 0 Å². The minimum Gasteiger partial charge on any atom is -0.486 e. The van der Waals surface area contributed by atoms with Crippen LogP contribution in [0.2, 0.25) is 0 Å². The van der Waals surface area contributed by atoms with Crippen molar-refractivity contribution in [1.82, 2.24) is 15.1 Å². The first kappa shape index (κ1) is 13.9. The van der Waals surface area contributed by atoms with Gasteiger partial charge in [0.1, 0.15) is 13.2 Å². The molecule has 0 spiro atoms. The van der Waals surface area contributed by atoms with Crippen molar-refractivity contribution >= 4 is 0 Å². The SMILES string of the molecule is Cc1cnn(C[C@H](C)NCc2ccc3c(c2)OCCO3)c1. The topological polar surface area (TPSA) is 48.3 Å². The maximum absolute atomic E-state index is 5.60. The van der Waals surface area contributed by atoms with Gasteiger partial charge in [-0.1, -0.05) is 6.07 Å². The molecule has 0 saturated carbocycles. The van der Waals surface area contributed by atoms with Gasteiger partial charge in [0.05, 0.1) is 12.7 Å². The summed E-state index contributed by atoms with van der Waals surface area (Å²) in [5.41, 5.74) is 2.39. The van der Waals surface area contributed by atoms with Gasteiger partial charge < -0.3 is 14.8 Å². The van der Waals surface area contributed by atoms with Crippen molar-refractivity contribution < 1.29 is 9.47 Å². The molecule has 0 bridgehead atoms. The second-order valence-electron chi connectivity index (χ2n) is 5.50. The number of hydrogen-bond acceptors (Lipinski definition) is 4. The molecule has 2 heterocycles. The number of nitrogens with one attached hydrogen (secondary N) is 1. The molecular weight excluding hydrogens is 266 g/mol. The van der Waals surface area contributed by atoms with Gasteiger partial charge in [0, 0.05) is 18.8 Å². The summed E-state index contributed by atoms with van der Waals surface area (Å²) in [6.45, 7) is 7.13. The van der Waals surface area contributed by atoms with E-state index in [9.17, 15) is 0 Å². The van der Waals surface area contributed by atoms with Crippen LogP contribution in [-0.2, 0) is 13.1 Å². The monoisotopic (exact) mass is 287 g/mol. The van der Waals surface area contributed by atoms with Gasteiger partial charge >= 0.3 is 0 Å². The predicted molar refractivity (Wildman–Crippen MR) is 80.7 cm³/mol. The van der Waals surface area contributed by atoms with Crippen LogP contribution in [0.15, 0.2) is 30.6 Å². The number of aromatic nitrogens is 2. The first-order valence-corrected chi connectivity index (χ1v) is 7.31. The Morgan fingerprint density at radius 2 is 2.10 bits per heavy atom. The highest BCUT2D eigenvalue weighted by atomic mass is 16.6. The molecule has 1 atom stereocenters. The fourth-order valence-corrected chi connectivity index (χ4v) is 2.40. The average Bonchev–Trinajstić information content (AvgIpc) is 2.90. The lowest BCUT2D eigenvalue weighted by atomic mass is 10.2. The number of ether oxygens (including phenoxy) is 2. The van der Waals surface area contributed by atoms with Crippen LogP contribution in [0.4, 0.5) is 0 Å². The normalized spacial score (nSPS) is 15.0. The van der Waals surface area contributed by atoms with Crippen molar-refractivity contribution in [3.05, 3.63) is 41.7 Å². The zero-order valence-electron chi connectivity index (χ0n) is 12.5. The van der Waals surface area contributed by atoms with E-state index >= 15 is 0 Å². The molecule has 0 saturated heterocycles. The van der Waals surface area contributed by atoms with E-state index in [1.165, 1.54) is 11.1 Å². The summed E-state index contributed by atoms with van der Waals surface area (Å²) in [5.74, 6) is 1.68. The highest BCUT2D eigenvalue weighted by Gasteiger charge is 2.12. The van der Waals surface area contributed by atoms with Crippen LogP contribution in [0.25, 0.3) is 0 Å². The van der Waals surface area contributed by atoms with E-state index in [-0.39, 0.29) is 0 Å². The van der Waals surface area contributed by atoms with Crippen LogP contribution in [0, 0.1) is 6.92 Å². The van der Waals surface area contributed by atoms with Gasteiger partial charge in [0.15, 0.2) is 11.5 Å². The van der Waals surface area contributed by atoms with Gasteiger partial charge in [-0.25, -0.2) is 0 Å². The number of fused-ring (bicyclic) bond motifs is 1. The second-order valence-corrected chi connectivity index (χ2v) is 5.50. The van der Waals surface area contributed by atoms with E-state index in [2.05, 4.69) is 36.5 Å². The summed E-state index contributed by atoms with van der Waals surface area (Å²) in [7, 11) is 0. The molecule has 0 aliphatic carbocycles. The van der Waals surface area contributed by atoms with E-state index < -0.39 is 0 Å². The van der Waals surface area contributed by atoms with Crippen LogP contribution in [0.5, 0.6) is 11.5 Å². The lowest BCUT2D eigenvalue weighted by Crippen LogP contribution is -2.30. The third-order valence-electron chi connectivity index (χ3n) is 3.48. The Labute approximate surface area is 124 Å². The Bertz CT molecular complexity index is 609. The van der Waals surface area contributed by atoms with Crippen molar-refractivity contribution in [2.45, 2.75) is 33.0 Å². The van der Waals surface area contributed by atoms with Crippen LogP contribution < -0.4 is 14.8 Å². The van der Waals surface area contributed by atoms with Gasteiger partial charge in [-0.2, -0.15) is 5.10 Å². The number of rotatable bonds is 5. The van der Waals surface area contributed by atoms with E-state index in [4.69, 9.17) is 9.47 Å². The summed E-state index contributed by atoms with van der Waals surface area (Å²) >= 11 is 0. The van der Waals surface area contributed by atoms with Crippen molar-refractivity contribution in [2.75, 3.05) is 13.2 Å². The molecule has 2 aromatic rings. The van der Waals surface area contributed by atoms with E-state index in [0.717, 1.165) is 24.6 Å². The van der Waals surface area contributed by atoms with Gasteiger partial charge in [-0.05, 0) is 37.1 Å². The lowest BCUT2D eigenvalue weighted by Gasteiger charge is -2.19. The Kier molecular flexibility index (Phi) is 4.10. The molecule has 5 heteroatoms. The molecule has 1 aromatic carbocycles. The Hall–Kier alpha value is -2.01. The molecule has 0 radical (unpaired) electrons. The molecule has 0 unspecified atom stereocenters. The molecule has 3 rings (SSSR count). The van der Waals surface area contributed by atoms with E-state index in [1.54, 1.807) is 0 Å². The number of benzene rings is 1. The molecule has 1 aliphatic rings. The largest absolute Gasteiger partial charge is 0.486 e. The van der Waals surface area contributed by atoms with Crippen LogP contribution in [0.3, 0.4) is 0 Å². The smallest absolute Gasteiger partial charge is 0.161 e. The lowest BCUT2D eigenvalue weighted by molar-refractivity contribution is 0.171. The molecule has 1 N–H and O–H groups in total. The predicted octanol–water partition coefficient (Wildman–Crippen LogP) is 2.14. The maximum Gasteiger partial charge on any atom is 0.161 e. The fourth-order valence-electron chi connectivity index (χ4n) is 2.40. The Morgan fingerprint density at radius 1 is 1.29 bits per heavy atom. The number of hydrogen-bond donors (Lipinski definition) is 1. The molecule has 0 amide bonds. The Morgan fingerprint density at radius 3 is 2.86 bits per heavy atom. The fraction of sp³-hybridized carbons (Fsp3) is 0.438. The summed E-state index contributed by atoms with van der Waals surface area (Å²) in [5, 5.41) is 7.81. The standard InChI is InChI=1S/C16H21N3O2/c1-12-8-18-19(10-12)11-13(2)17-9-14-3-4-15-16(7-14)21-6-5-20-15/h3-4,7-8,10,13,17H,5-6,9,11H2,1-2H3/t13-/m0/s1. The molecule has 21 heavy (non-hydrogen) atoms. The van der Waals surface area contributed by atoms with Crippen molar-refractivity contribution in [1.29, 1.82) is 0 Å². The first-order chi connectivity index (χ1) is 10.2. The first-order valence-electron chi connectivity index (χ1n) is 7.31. The van der Waals surface area contributed by atoms with Crippen molar-refractivity contribution in [3.63, 3.8) is 0 Å². The van der Waals surface area contributed by atoms with Gasteiger partial charge in [0.25, 0.3) is 0 Å². The zero-order chi connectivity index (χ0) is 14.7. The molecule has 112 valence electrons. The number of nitrogens with zero attached hydrogens (tertiary/aromatic N) is 2. The van der Waals surface area contributed by atoms with Gasteiger partial charge in [-0.3, -0.25) is 4.68 Å². The molecule has 1 aromatic heterocycles. The summed E-state index contributed by atoms with van der Waals surface area (Å²) in [6.07, 6.45) is 3.94. The van der Waals surface area contributed by atoms with Gasteiger partial charge in [0.2, 0.25) is 0 Å². The minimum atomic E-state index is 0.345. The zero-order valence-corrected chi connectivity index (χ0v) is 12.5. The van der Waals surface area contributed by atoms with E-state index in [0.29, 0.717) is 19.3 Å². The summed E-state index contributed by atoms with van der Waals surface area (Å²) in [6, 6.07) is 6.45. The summed E-state index contributed by atoms with van der Waals surface area (Å²) in [4.78, 5) is 0. The van der Waals surface area contributed by atoms with Crippen molar-refractivity contribution in [3.8, 4) is 11.5 Å². The van der Waals surface area contributed by atoms with Gasteiger partial charge in [-0.15, -0.1) is 0 Å². The highest BCUT2D eigenvalue weighted by molar-refractivity contribution is 5.43. The third kappa shape index (κ3) is 3.55. The maximum atomic E-state index is 5.60. The molecule has 5 nitrogen and oxygen atoms in total. The quantitative estimate of drug-likeness (QED) is 0.915.